The third-order valence-corrected chi connectivity index (χ3v) is 5.65. The Bertz CT molecular complexity index is 385. The molecule has 0 N–H and O–H groups in total. The standard InChI is InChI=1S/C19H31NO2/c1-2-3-5-10-18(21)22-19(15-20)13-11-17(12-14-19)16-8-6-4-7-9-16/h16-17H,2-14H2,1H3/t17-,19-. The maximum atomic E-state index is 12.0. The van der Waals surface area contributed by atoms with E-state index in [4.69, 9.17) is 4.74 Å². The number of esters is 1. The number of carbonyl (C=O) groups is 1. The predicted octanol–water partition coefficient (Wildman–Crippen LogP) is 5.14. The Morgan fingerprint density at radius 1 is 1.09 bits per heavy atom. The van der Waals surface area contributed by atoms with Crippen LogP contribution in [0, 0.1) is 23.2 Å². The van der Waals surface area contributed by atoms with Gasteiger partial charge in [-0.3, -0.25) is 4.79 Å². The summed E-state index contributed by atoms with van der Waals surface area (Å²) in [5, 5.41) is 9.53. The van der Waals surface area contributed by atoms with E-state index in [-0.39, 0.29) is 5.97 Å². The van der Waals surface area contributed by atoms with Crippen molar-refractivity contribution in [3.8, 4) is 6.07 Å². The van der Waals surface area contributed by atoms with Gasteiger partial charge in [0.25, 0.3) is 0 Å². The maximum absolute atomic E-state index is 12.0. The van der Waals surface area contributed by atoms with Crippen LogP contribution in [-0.2, 0) is 9.53 Å². The number of carbonyl (C=O) groups excluding carboxylic acids is 1. The first-order chi connectivity index (χ1) is 10.7. The van der Waals surface area contributed by atoms with Crippen molar-refractivity contribution >= 4 is 5.97 Å². The summed E-state index contributed by atoms with van der Waals surface area (Å²) in [5.41, 5.74) is -0.825. The van der Waals surface area contributed by atoms with Gasteiger partial charge in [-0.25, -0.2) is 0 Å². The SMILES string of the molecule is CCCCCC(=O)O[C@]1(C#N)CC[C@@H](C2CCCCC2)CC1. The van der Waals surface area contributed by atoms with Crippen LogP contribution >= 0.6 is 0 Å². The minimum absolute atomic E-state index is 0.175. The first-order valence-corrected chi connectivity index (χ1v) is 9.32. The topological polar surface area (TPSA) is 50.1 Å². The minimum atomic E-state index is -0.825. The van der Waals surface area contributed by atoms with Gasteiger partial charge in [-0.2, -0.15) is 5.26 Å². The van der Waals surface area contributed by atoms with Gasteiger partial charge in [0.15, 0.2) is 5.60 Å². The van der Waals surface area contributed by atoms with Crippen molar-refractivity contribution in [1.29, 1.82) is 5.26 Å². The van der Waals surface area contributed by atoms with Crippen LogP contribution in [0.2, 0.25) is 0 Å². The summed E-state index contributed by atoms with van der Waals surface area (Å²) in [6, 6.07) is 2.32. The second kappa shape index (κ2) is 8.56. The van der Waals surface area contributed by atoms with E-state index in [0.29, 0.717) is 6.42 Å². The molecule has 3 heteroatoms. The van der Waals surface area contributed by atoms with Gasteiger partial charge in [0.05, 0.1) is 0 Å². The Hall–Kier alpha value is -1.04. The van der Waals surface area contributed by atoms with E-state index in [9.17, 15) is 10.1 Å². The summed E-state index contributed by atoms with van der Waals surface area (Å²) in [4.78, 5) is 12.0. The quantitative estimate of drug-likeness (QED) is 0.504. The van der Waals surface area contributed by atoms with Crippen LogP contribution in [0.1, 0.15) is 90.4 Å². The van der Waals surface area contributed by atoms with E-state index < -0.39 is 5.60 Å². The Kier molecular flexibility index (Phi) is 6.73. The number of unbranched alkanes of at least 4 members (excludes halogenated alkanes) is 2. The Morgan fingerprint density at radius 3 is 2.32 bits per heavy atom. The molecule has 0 bridgehead atoms. The van der Waals surface area contributed by atoms with E-state index in [1.165, 1.54) is 32.1 Å². The number of rotatable bonds is 6. The van der Waals surface area contributed by atoms with Crippen LogP contribution in [0.4, 0.5) is 0 Å². The third kappa shape index (κ3) is 4.73. The molecule has 22 heavy (non-hydrogen) atoms. The van der Waals surface area contributed by atoms with Crippen molar-refractivity contribution in [1.82, 2.24) is 0 Å². The molecule has 0 aromatic rings. The van der Waals surface area contributed by atoms with Crippen LogP contribution in [0.15, 0.2) is 0 Å². The number of hydrogen-bond acceptors (Lipinski definition) is 3. The molecule has 2 rings (SSSR count). The van der Waals surface area contributed by atoms with Crippen LogP contribution in [-0.4, -0.2) is 11.6 Å². The summed E-state index contributed by atoms with van der Waals surface area (Å²) in [5.74, 6) is 1.43. The van der Waals surface area contributed by atoms with Crippen LogP contribution < -0.4 is 0 Å². The molecule has 2 fully saturated rings. The fourth-order valence-corrected chi connectivity index (χ4v) is 4.21. The molecular formula is C19H31NO2. The molecular weight excluding hydrogens is 274 g/mol. The molecule has 2 aliphatic rings. The molecule has 0 heterocycles. The molecule has 0 aromatic carbocycles. The van der Waals surface area contributed by atoms with Gasteiger partial charge >= 0.3 is 5.97 Å². The van der Waals surface area contributed by atoms with Gasteiger partial charge < -0.3 is 4.74 Å². The van der Waals surface area contributed by atoms with E-state index >= 15 is 0 Å². The number of nitriles is 1. The average molecular weight is 305 g/mol. The second-order valence-electron chi connectivity index (χ2n) is 7.27. The zero-order valence-electron chi connectivity index (χ0n) is 14.1. The third-order valence-electron chi connectivity index (χ3n) is 5.65. The molecule has 0 radical (unpaired) electrons. The molecule has 0 spiro atoms. The monoisotopic (exact) mass is 305 g/mol. The summed E-state index contributed by atoms with van der Waals surface area (Å²) in [7, 11) is 0. The Morgan fingerprint density at radius 2 is 1.73 bits per heavy atom. The molecule has 3 nitrogen and oxygen atoms in total. The van der Waals surface area contributed by atoms with Crippen molar-refractivity contribution in [3.63, 3.8) is 0 Å². The van der Waals surface area contributed by atoms with Gasteiger partial charge in [-0.05, 0) is 31.1 Å². The van der Waals surface area contributed by atoms with Gasteiger partial charge in [-0.1, -0.05) is 51.9 Å². The summed E-state index contributed by atoms with van der Waals surface area (Å²) >= 11 is 0. The maximum Gasteiger partial charge on any atom is 0.307 e. The van der Waals surface area contributed by atoms with E-state index in [2.05, 4.69) is 13.0 Å². The van der Waals surface area contributed by atoms with Crippen molar-refractivity contribution in [2.45, 2.75) is 96.0 Å². The molecule has 124 valence electrons. The number of hydrogen-bond donors (Lipinski definition) is 0. The highest BCUT2D eigenvalue weighted by Gasteiger charge is 2.40. The molecule has 0 aliphatic heterocycles. The largest absolute Gasteiger partial charge is 0.444 e. The molecule has 0 saturated heterocycles. The van der Waals surface area contributed by atoms with Crippen molar-refractivity contribution in [2.24, 2.45) is 11.8 Å². The average Bonchev–Trinajstić information content (AvgIpc) is 2.56. The molecule has 2 saturated carbocycles. The van der Waals surface area contributed by atoms with Crippen molar-refractivity contribution in [3.05, 3.63) is 0 Å². The lowest BCUT2D eigenvalue weighted by atomic mass is 9.70. The Labute approximate surface area is 135 Å². The summed E-state index contributed by atoms with van der Waals surface area (Å²) in [6.45, 7) is 2.12. The van der Waals surface area contributed by atoms with Gasteiger partial charge in [0.2, 0.25) is 0 Å². The van der Waals surface area contributed by atoms with Crippen LogP contribution in [0.25, 0.3) is 0 Å². The zero-order chi connectivity index (χ0) is 15.8. The Balaban J connectivity index is 1.80. The highest BCUT2D eigenvalue weighted by molar-refractivity contribution is 5.70. The normalized spacial score (nSPS) is 29.7. The summed E-state index contributed by atoms with van der Waals surface area (Å²) in [6.07, 6.45) is 13.9. The highest BCUT2D eigenvalue weighted by Crippen LogP contribution is 2.42. The molecule has 2 aliphatic carbocycles. The lowest BCUT2D eigenvalue weighted by Crippen LogP contribution is -2.39. The molecule has 0 atom stereocenters. The van der Waals surface area contributed by atoms with E-state index in [0.717, 1.165) is 56.8 Å². The zero-order valence-corrected chi connectivity index (χ0v) is 14.1. The lowest BCUT2D eigenvalue weighted by Gasteiger charge is -2.39. The first-order valence-electron chi connectivity index (χ1n) is 9.32. The van der Waals surface area contributed by atoms with Gasteiger partial charge in [-0.15, -0.1) is 0 Å². The van der Waals surface area contributed by atoms with Crippen LogP contribution in [0.3, 0.4) is 0 Å². The molecule has 0 amide bonds. The fourth-order valence-electron chi connectivity index (χ4n) is 4.21. The second-order valence-corrected chi connectivity index (χ2v) is 7.27. The molecule has 0 aromatic heterocycles. The number of nitrogens with zero attached hydrogens (tertiary/aromatic N) is 1. The fraction of sp³-hybridized carbons (Fsp3) is 0.895. The summed E-state index contributed by atoms with van der Waals surface area (Å²) < 4.78 is 5.61. The number of ether oxygens (including phenoxy) is 1. The highest BCUT2D eigenvalue weighted by atomic mass is 16.6. The first kappa shape index (κ1) is 17.3. The van der Waals surface area contributed by atoms with Crippen molar-refractivity contribution < 1.29 is 9.53 Å². The predicted molar refractivity (Wildman–Crippen MR) is 87.1 cm³/mol. The smallest absolute Gasteiger partial charge is 0.307 e. The molecule has 0 unspecified atom stereocenters. The van der Waals surface area contributed by atoms with Crippen LogP contribution in [0.5, 0.6) is 0 Å². The van der Waals surface area contributed by atoms with Crippen molar-refractivity contribution in [2.75, 3.05) is 0 Å². The minimum Gasteiger partial charge on any atom is -0.444 e. The van der Waals surface area contributed by atoms with Gasteiger partial charge in [0.1, 0.15) is 6.07 Å². The van der Waals surface area contributed by atoms with E-state index in [1.807, 2.05) is 0 Å². The lowest BCUT2D eigenvalue weighted by molar-refractivity contribution is -0.158. The van der Waals surface area contributed by atoms with Gasteiger partial charge in [0, 0.05) is 19.3 Å². The van der Waals surface area contributed by atoms with E-state index in [1.54, 1.807) is 0 Å².